The molecular formula is C30H37N3O7. The molecule has 40 heavy (non-hydrogen) atoms. The van der Waals surface area contributed by atoms with Gasteiger partial charge in [-0.25, -0.2) is 19.4 Å². The molecule has 1 heterocycles. The van der Waals surface area contributed by atoms with E-state index in [2.05, 4.69) is 10.3 Å². The molecule has 2 atom stereocenters. The van der Waals surface area contributed by atoms with Gasteiger partial charge in [-0.1, -0.05) is 31.2 Å². The largest absolute Gasteiger partial charge is 0.479 e. The Balaban J connectivity index is 1.99. The van der Waals surface area contributed by atoms with Gasteiger partial charge in [-0.15, -0.1) is 0 Å². The zero-order chi connectivity index (χ0) is 29.8. The minimum Gasteiger partial charge on any atom is -0.479 e. The third-order valence-electron chi connectivity index (χ3n) is 5.78. The second-order valence-corrected chi connectivity index (χ2v) is 11.5. The first kappa shape index (κ1) is 30.4. The highest BCUT2D eigenvalue weighted by atomic mass is 16.6. The van der Waals surface area contributed by atoms with Crippen molar-refractivity contribution in [2.45, 2.75) is 71.6 Å². The maximum Gasteiger partial charge on any atom is 0.425 e. The first-order valence-corrected chi connectivity index (χ1v) is 12.9. The van der Waals surface area contributed by atoms with Gasteiger partial charge in [0.25, 0.3) is 0 Å². The fraction of sp³-hybridized carbons (Fsp3) is 0.400. The first-order valence-electron chi connectivity index (χ1n) is 12.9. The molecule has 1 aromatic heterocycles. The van der Waals surface area contributed by atoms with E-state index >= 15 is 0 Å². The van der Waals surface area contributed by atoms with Gasteiger partial charge < -0.3 is 25.0 Å². The number of nitrogens with zero attached hydrogens (tertiary/aromatic N) is 2. The maximum absolute atomic E-state index is 13.1. The summed E-state index contributed by atoms with van der Waals surface area (Å²) in [5.74, 6) is -1.11. The average molecular weight is 552 g/mol. The van der Waals surface area contributed by atoms with Crippen LogP contribution in [-0.2, 0) is 14.3 Å². The molecule has 0 fully saturated rings. The third kappa shape index (κ3) is 7.69. The number of aromatic nitrogens is 1. The van der Waals surface area contributed by atoms with Crippen molar-refractivity contribution in [2.75, 3.05) is 16.8 Å². The number of carbonyl (C=O) groups is 3. The van der Waals surface area contributed by atoms with E-state index < -0.39 is 35.4 Å². The summed E-state index contributed by atoms with van der Waals surface area (Å²) in [6, 6.07) is 12.7. The van der Waals surface area contributed by atoms with Gasteiger partial charge in [-0.3, -0.25) is 0 Å². The van der Waals surface area contributed by atoms with Gasteiger partial charge in [0.15, 0.2) is 11.9 Å². The summed E-state index contributed by atoms with van der Waals surface area (Å²) in [6.45, 7) is 12.0. The number of anilines is 2. The van der Waals surface area contributed by atoms with Gasteiger partial charge in [0.05, 0.1) is 0 Å². The lowest BCUT2D eigenvalue weighted by atomic mass is 9.98. The number of pyridine rings is 1. The number of fused-ring (bicyclic) bond motifs is 1. The molecule has 0 saturated carbocycles. The number of benzene rings is 2. The van der Waals surface area contributed by atoms with E-state index in [0.717, 1.165) is 10.5 Å². The monoisotopic (exact) mass is 551 g/mol. The van der Waals surface area contributed by atoms with Crippen LogP contribution in [0.4, 0.5) is 21.1 Å². The Kier molecular flexibility index (Phi) is 9.04. The van der Waals surface area contributed by atoms with Crippen LogP contribution in [0.3, 0.4) is 0 Å². The zero-order valence-corrected chi connectivity index (χ0v) is 23.9. The highest BCUT2D eigenvalue weighted by molar-refractivity contribution is 6.14. The fourth-order valence-electron chi connectivity index (χ4n) is 3.87. The maximum atomic E-state index is 13.1. The van der Waals surface area contributed by atoms with Crippen LogP contribution in [0.25, 0.3) is 10.8 Å². The van der Waals surface area contributed by atoms with Crippen LogP contribution in [0.15, 0.2) is 54.7 Å². The number of aliphatic hydroxyl groups excluding tert-OH is 1. The van der Waals surface area contributed by atoms with Crippen LogP contribution in [0.2, 0.25) is 0 Å². The van der Waals surface area contributed by atoms with Crippen LogP contribution >= 0.6 is 0 Å². The van der Waals surface area contributed by atoms with Gasteiger partial charge >= 0.3 is 18.2 Å². The lowest BCUT2D eigenvalue weighted by Gasteiger charge is -2.28. The fourth-order valence-corrected chi connectivity index (χ4v) is 3.87. The smallest absolute Gasteiger partial charge is 0.425 e. The standard InChI is InChI=1S/C30H37N3O7/c1-18(17-34)19-8-10-20(11-9-19)24(26(35)36)32-22-12-13-23-21(16-22)14-15-31-25(23)33(27(37)39-29(2,3)4)28(38)40-30(5,6)7/h8-16,18,24,32,34H,17H2,1-7H3,(H,35,36). The minimum atomic E-state index is -1.07. The molecular weight excluding hydrogens is 514 g/mol. The molecule has 3 N–H and O–H groups in total. The van der Waals surface area contributed by atoms with E-state index in [0.29, 0.717) is 22.0 Å². The molecule has 214 valence electrons. The summed E-state index contributed by atoms with van der Waals surface area (Å²) in [6.07, 6.45) is -0.429. The number of nitrogens with one attached hydrogen (secondary N) is 1. The van der Waals surface area contributed by atoms with Crippen LogP contribution < -0.4 is 10.2 Å². The van der Waals surface area contributed by atoms with Gasteiger partial charge in [-0.2, -0.15) is 4.90 Å². The topological polar surface area (TPSA) is 138 Å². The van der Waals surface area contributed by atoms with Gasteiger partial charge in [0.1, 0.15) is 11.2 Å². The number of hydrogen-bond acceptors (Lipinski definition) is 8. The van der Waals surface area contributed by atoms with Crippen LogP contribution in [-0.4, -0.2) is 51.2 Å². The molecule has 0 aliphatic carbocycles. The highest BCUT2D eigenvalue weighted by Gasteiger charge is 2.34. The third-order valence-corrected chi connectivity index (χ3v) is 5.78. The predicted octanol–water partition coefficient (Wildman–Crippen LogP) is 6.25. The lowest BCUT2D eigenvalue weighted by molar-refractivity contribution is -0.138. The normalized spacial score (nSPS) is 13.3. The van der Waals surface area contributed by atoms with Crippen molar-refractivity contribution >= 4 is 40.4 Å². The summed E-state index contributed by atoms with van der Waals surface area (Å²) in [4.78, 5) is 43.5. The Hall–Kier alpha value is -4.18. The van der Waals surface area contributed by atoms with Crippen molar-refractivity contribution in [1.29, 1.82) is 0 Å². The molecule has 0 aliphatic heterocycles. The van der Waals surface area contributed by atoms with E-state index in [1.165, 1.54) is 6.20 Å². The van der Waals surface area contributed by atoms with Crippen molar-refractivity contribution in [2.24, 2.45) is 0 Å². The lowest BCUT2D eigenvalue weighted by Crippen LogP contribution is -2.44. The molecule has 0 bridgehead atoms. The van der Waals surface area contributed by atoms with Crippen molar-refractivity contribution < 1.29 is 34.1 Å². The Bertz CT molecular complexity index is 1350. The number of imide groups is 1. The van der Waals surface area contributed by atoms with Gasteiger partial charge in [-0.05, 0) is 82.3 Å². The van der Waals surface area contributed by atoms with Crippen LogP contribution in [0.5, 0.6) is 0 Å². The number of carboxylic acid groups (broad SMARTS) is 1. The minimum absolute atomic E-state index is 0.00677. The number of aliphatic hydroxyl groups is 1. The van der Waals surface area contributed by atoms with Crippen LogP contribution in [0, 0.1) is 0 Å². The first-order chi connectivity index (χ1) is 18.6. The summed E-state index contributed by atoms with van der Waals surface area (Å²) in [5.41, 5.74) is 0.197. The summed E-state index contributed by atoms with van der Waals surface area (Å²) >= 11 is 0. The Morgan fingerprint density at radius 1 is 0.900 bits per heavy atom. The number of ether oxygens (including phenoxy) is 2. The predicted molar refractivity (Wildman–Crippen MR) is 153 cm³/mol. The number of hydrogen-bond donors (Lipinski definition) is 3. The number of carboxylic acids is 1. The van der Waals surface area contributed by atoms with E-state index in [9.17, 15) is 24.6 Å². The Labute approximate surface area is 233 Å². The molecule has 0 radical (unpaired) electrons. The van der Waals surface area contributed by atoms with Gasteiger partial charge in [0.2, 0.25) is 0 Å². The van der Waals surface area contributed by atoms with Crippen molar-refractivity contribution in [3.05, 3.63) is 65.9 Å². The molecule has 3 rings (SSSR count). The molecule has 0 saturated heterocycles. The van der Waals surface area contributed by atoms with E-state index in [1.807, 2.05) is 6.92 Å². The van der Waals surface area contributed by atoms with Crippen molar-refractivity contribution in [3.63, 3.8) is 0 Å². The molecule has 10 nitrogen and oxygen atoms in total. The average Bonchev–Trinajstić information content (AvgIpc) is 2.84. The van der Waals surface area contributed by atoms with Crippen molar-refractivity contribution in [1.82, 2.24) is 4.98 Å². The summed E-state index contributed by atoms with van der Waals surface area (Å²) in [5, 5.41) is 23.4. The van der Waals surface area contributed by atoms with Crippen LogP contribution in [0.1, 0.15) is 71.6 Å². The summed E-state index contributed by atoms with van der Waals surface area (Å²) < 4.78 is 11.0. The number of carbonyl (C=O) groups excluding carboxylic acids is 2. The molecule has 2 unspecified atom stereocenters. The van der Waals surface area contributed by atoms with E-state index in [1.54, 1.807) is 90.1 Å². The highest BCUT2D eigenvalue weighted by Crippen LogP contribution is 2.31. The summed E-state index contributed by atoms with van der Waals surface area (Å²) in [7, 11) is 0. The molecule has 2 amide bonds. The Morgan fingerprint density at radius 2 is 1.45 bits per heavy atom. The molecule has 0 spiro atoms. The molecule has 2 aromatic carbocycles. The van der Waals surface area contributed by atoms with Crippen molar-refractivity contribution in [3.8, 4) is 0 Å². The number of aliphatic carboxylic acids is 1. The molecule has 0 aliphatic rings. The second kappa shape index (κ2) is 11.9. The van der Waals surface area contributed by atoms with Gasteiger partial charge in [0, 0.05) is 29.8 Å². The zero-order valence-electron chi connectivity index (χ0n) is 23.9. The Morgan fingerprint density at radius 3 is 1.95 bits per heavy atom. The second-order valence-electron chi connectivity index (χ2n) is 11.5. The number of amides is 2. The molecule has 3 aromatic rings. The number of rotatable bonds is 7. The van der Waals surface area contributed by atoms with E-state index in [4.69, 9.17) is 9.47 Å². The van der Waals surface area contributed by atoms with E-state index in [-0.39, 0.29) is 18.3 Å². The SMILES string of the molecule is CC(CO)c1ccc(C(Nc2ccc3c(N(C(=O)OC(C)(C)C)C(=O)OC(C)(C)C)nccc3c2)C(=O)O)cc1. The molecule has 10 heteroatoms. The quantitative estimate of drug-likeness (QED) is 0.311.